The van der Waals surface area contributed by atoms with E-state index in [0.717, 1.165) is 0 Å². The summed E-state index contributed by atoms with van der Waals surface area (Å²) in [4.78, 5) is 13.3. The summed E-state index contributed by atoms with van der Waals surface area (Å²) in [7, 11) is -0.194. The molecular weight excluding hydrogens is 352 g/mol. The molecule has 0 aliphatic carbocycles. The number of nitrogens with zero attached hydrogens (tertiary/aromatic N) is 1. The molecule has 0 saturated heterocycles. The van der Waals surface area contributed by atoms with Crippen LogP contribution in [0.3, 0.4) is 0 Å². The molecule has 1 amide bonds. The van der Waals surface area contributed by atoms with Crippen molar-refractivity contribution in [2.75, 3.05) is 34.5 Å². The minimum atomic E-state index is -4.59. The summed E-state index contributed by atoms with van der Waals surface area (Å²) < 4.78 is 48.5. The molecule has 9 nitrogen and oxygen atoms in total. The number of nitrogens with one attached hydrogen (secondary N) is 1. The zero-order valence-corrected chi connectivity index (χ0v) is 14.9. The topological polar surface area (TPSA) is 114 Å². The first-order valence-electron chi connectivity index (χ1n) is 7.28. The number of amides is 1. The van der Waals surface area contributed by atoms with Crippen LogP contribution in [0, 0.1) is 0 Å². The lowest BCUT2D eigenvalue weighted by Crippen LogP contribution is -2.55. The van der Waals surface area contributed by atoms with Crippen molar-refractivity contribution >= 4 is 21.7 Å². The number of rotatable bonds is 7. The Morgan fingerprint density at radius 3 is 2.52 bits per heavy atom. The van der Waals surface area contributed by atoms with Gasteiger partial charge in [0.05, 0.1) is 26.5 Å². The number of methoxy groups -OCH3 is 3. The van der Waals surface area contributed by atoms with Crippen molar-refractivity contribution in [2.24, 2.45) is 0 Å². The Kier molecular flexibility index (Phi) is 5.88. The Bertz CT molecular complexity index is 776. The molecule has 1 unspecified atom stereocenters. The number of carbonyl (C=O) groups excluding carboxylic acids is 1. The lowest BCUT2D eigenvalue weighted by atomic mass is 10.1. The smallest absolute Gasteiger partial charge is 0.306 e. The summed E-state index contributed by atoms with van der Waals surface area (Å²) in [6, 6.07) is 4.92. The molecule has 0 fully saturated rings. The normalized spacial score (nSPS) is 17.8. The van der Waals surface area contributed by atoms with Crippen molar-refractivity contribution in [2.45, 2.75) is 5.50 Å². The van der Waals surface area contributed by atoms with Crippen molar-refractivity contribution < 1.29 is 32.0 Å². The Hall–Kier alpha value is -2.30. The first kappa shape index (κ1) is 19.0. The van der Waals surface area contributed by atoms with Gasteiger partial charge in [0.2, 0.25) is 11.4 Å². The van der Waals surface area contributed by atoms with Gasteiger partial charge in [0, 0.05) is 25.3 Å². The molecule has 138 valence electrons. The minimum absolute atomic E-state index is 0.105. The van der Waals surface area contributed by atoms with E-state index in [1.807, 2.05) is 0 Å². The predicted molar refractivity (Wildman–Crippen MR) is 89.6 cm³/mol. The van der Waals surface area contributed by atoms with E-state index in [0.29, 0.717) is 17.1 Å². The summed E-state index contributed by atoms with van der Waals surface area (Å²) in [6.45, 7) is 0.277. The van der Waals surface area contributed by atoms with Gasteiger partial charge in [0.15, 0.2) is 0 Å². The van der Waals surface area contributed by atoms with Crippen LogP contribution in [-0.4, -0.2) is 63.8 Å². The largest absolute Gasteiger partial charge is 0.497 e. The maximum atomic E-state index is 12.0. The highest BCUT2D eigenvalue weighted by Crippen LogP contribution is 2.34. The van der Waals surface area contributed by atoms with Crippen LogP contribution in [0.2, 0.25) is 0 Å². The molecular formula is C15H20N2O7S. The molecule has 0 saturated carbocycles. The molecule has 10 heteroatoms. The van der Waals surface area contributed by atoms with E-state index in [9.17, 15) is 17.8 Å². The molecule has 2 rings (SSSR count). The second-order valence-corrected chi connectivity index (χ2v) is 6.63. The van der Waals surface area contributed by atoms with Crippen LogP contribution in [-0.2, 0) is 19.6 Å². The van der Waals surface area contributed by atoms with Crippen molar-refractivity contribution in [3.05, 3.63) is 29.8 Å². The lowest BCUT2D eigenvalue weighted by molar-refractivity contribution is -0.118. The van der Waals surface area contributed by atoms with E-state index in [1.54, 1.807) is 18.2 Å². The van der Waals surface area contributed by atoms with Crippen molar-refractivity contribution in [1.82, 2.24) is 10.2 Å². The Morgan fingerprint density at radius 2 is 1.96 bits per heavy atom. The molecule has 1 heterocycles. The van der Waals surface area contributed by atoms with Crippen LogP contribution in [0.5, 0.6) is 11.5 Å². The lowest BCUT2D eigenvalue weighted by Gasteiger charge is -2.36. The maximum absolute atomic E-state index is 12.0. The van der Waals surface area contributed by atoms with Gasteiger partial charge >= 0.3 is 10.1 Å². The van der Waals surface area contributed by atoms with Gasteiger partial charge in [0.1, 0.15) is 11.5 Å². The number of hydrogen-bond acceptors (Lipinski definition) is 7. The van der Waals surface area contributed by atoms with Gasteiger partial charge in [-0.15, -0.1) is 0 Å². The predicted octanol–water partition coefficient (Wildman–Crippen LogP) is 0.294. The third kappa shape index (κ3) is 4.21. The average molecular weight is 372 g/mol. The molecule has 0 aromatic heterocycles. The van der Waals surface area contributed by atoms with E-state index < -0.39 is 21.5 Å². The van der Waals surface area contributed by atoms with Crippen LogP contribution in [0.25, 0.3) is 5.70 Å². The first-order chi connectivity index (χ1) is 11.8. The van der Waals surface area contributed by atoms with E-state index >= 15 is 0 Å². The van der Waals surface area contributed by atoms with Gasteiger partial charge in [-0.3, -0.25) is 9.35 Å². The molecule has 0 bridgehead atoms. The molecule has 1 aliphatic rings. The number of carbonyl (C=O) groups is 1. The van der Waals surface area contributed by atoms with Gasteiger partial charge in [-0.25, -0.2) is 0 Å². The molecule has 1 aromatic rings. The summed E-state index contributed by atoms with van der Waals surface area (Å²) in [6.07, 6.45) is 1.23. The van der Waals surface area contributed by atoms with Crippen LogP contribution < -0.4 is 14.8 Å². The first-order valence-corrected chi connectivity index (χ1v) is 8.78. The van der Waals surface area contributed by atoms with Crippen LogP contribution in [0.1, 0.15) is 5.56 Å². The summed E-state index contributed by atoms with van der Waals surface area (Å²) >= 11 is 0. The molecule has 1 atom stereocenters. The van der Waals surface area contributed by atoms with Gasteiger partial charge in [0.25, 0.3) is 0 Å². The van der Waals surface area contributed by atoms with E-state index in [1.165, 1.54) is 32.3 Å². The second kappa shape index (κ2) is 7.72. The fourth-order valence-electron chi connectivity index (χ4n) is 2.48. The van der Waals surface area contributed by atoms with Crippen LogP contribution in [0.15, 0.2) is 24.3 Å². The average Bonchev–Trinajstić information content (AvgIpc) is 2.58. The van der Waals surface area contributed by atoms with Crippen LogP contribution >= 0.6 is 0 Å². The fraction of sp³-hybridized carbons (Fsp3) is 0.400. The van der Waals surface area contributed by atoms with Gasteiger partial charge < -0.3 is 24.4 Å². The van der Waals surface area contributed by atoms with E-state index in [-0.39, 0.29) is 18.8 Å². The van der Waals surface area contributed by atoms with Gasteiger partial charge in [-0.1, -0.05) is 0 Å². The number of benzene rings is 1. The zero-order chi connectivity index (χ0) is 18.6. The fourth-order valence-corrected chi connectivity index (χ4v) is 3.29. The molecule has 1 aromatic carbocycles. The Balaban J connectivity index is 2.60. The van der Waals surface area contributed by atoms with E-state index in [4.69, 9.17) is 14.2 Å². The Labute approximate surface area is 145 Å². The minimum Gasteiger partial charge on any atom is -0.497 e. The molecule has 25 heavy (non-hydrogen) atoms. The highest BCUT2D eigenvalue weighted by Gasteiger charge is 2.37. The third-order valence-electron chi connectivity index (χ3n) is 3.63. The van der Waals surface area contributed by atoms with Crippen molar-refractivity contribution in [1.29, 1.82) is 0 Å². The van der Waals surface area contributed by atoms with Crippen LogP contribution in [0.4, 0.5) is 0 Å². The number of ether oxygens (including phenoxy) is 3. The third-order valence-corrected chi connectivity index (χ3v) is 4.56. The highest BCUT2D eigenvalue weighted by atomic mass is 32.2. The standard InChI is InChI=1S/C15H20N2O7S/c1-22-7-6-17-12(9-14(18)16-15(17)25(19,20)21)11-8-10(23-2)4-5-13(11)24-3/h4-5,8-9,15H,6-7H2,1-3H3,(H,16,18)(H,19,20,21). The summed E-state index contributed by atoms with van der Waals surface area (Å²) in [5.74, 6) is 0.257. The maximum Gasteiger partial charge on any atom is 0.306 e. The monoisotopic (exact) mass is 372 g/mol. The second-order valence-electron chi connectivity index (χ2n) is 5.16. The SMILES string of the molecule is COCCN1C(c2cc(OC)ccc2OC)=CC(=O)NC1S(=O)(=O)O. The molecule has 1 aliphatic heterocycles. The molecule has 2 N–H and O–H groups in total. The molecule has 0 radical (unpaired) electrons. The van der Waals surface area contributed by atoms with Crippen molar-refractivity contribution in [3.8, 4) is 11.5 Å². The quantitative estimate of drug-likeness (QED) is 0.657. The highest BCUT2D eigenvalue weighted by molar-refractivity contribution is 7.86. The van der Waals surface area contributed by atoms with Gasteiger partial charge in [-0.2, -0.15) is 8.42 Å². The zero-order valence-electron chi connectivity index (χ0n) is 14.1. The van der Waals surface area contributed by atoms with Crippen molar-refractivity contribution in [3.63, 3.8) is 0 Å². The number of hydrogen-bond donors (Lipinski definition) is 2. The molecule has 0 spiro atoms. The summed E-state index contributed by atoms with van der Waals surface area (Å²) in [5, 5.41) is 2.23. The van der Waals surface area contributed by atoms with Gasteiger partial charge in [-0.05, 0) is 18.2 Å². The Morgan fingerprint density at radius 1 is 1.24 bits per heavy atom. The van der Waals surface area contributed by atoms with E-state index in [2.05, 4.69) is 5.32 Å². The summed E-state index contributed by atoms with van der Waals surface area (Å²) in [5.41, 5.74) is -0.924.